The third-order valence-electron chi connectivity index (χ3n) is 4.19. The fourth-order valence-electron chi connectivity index (χ4n) is 2.80. The number of hydrogen-bond acceptors (Lipinski definition) is 12. The molecule has 0 aliphatic carbocycles. The average Bonchev–Trinajstić information content (AvgIpc) is 2.60. The van der Waals surface area contributed by atoms with Gasteiger partial charge in [-0.25, -0.2) is 4.79 Å². The molecule has 0 aromatic heterocycles. The van der Waals surface area contributed by atoms with Crippen molar-refractivity contribution < 1.29 is 67.4 Å². The van der Waals surface area contributed by atoms with Crippen LogP contribution in [0.5, 0.6) is 0 Å². The van der Waals surface area contributed by atoms with Crippen LogP contribution in [0.25, 0.3) is 0 Å². The number of rotatable bonds is 5. The number of carbonyl (C=O) groups is 1. The zero-order chi connectivity index (χ0) is 19.6. The van der Waals surface area contributed by atoms with Gasteiger partial charge in [0.15, 0.2) is 18.7 Å². The molecule has 27 heavy (non-hydrogen) atoms. The van der Waals surface area contributed by atoms with Crippen molar-refractivity contribution in [2.45, 2.75) is 61.4 Å². The van der Waals surface area contributed by atoms with E-state index in [1.54, 1.807) is 0 Å². The molecule has 13 nitrogen and oxygen atoms in total. The molecule has 0 aromatic carbocycles. The Morgan fingerprint density at radius 1 is 0.852 bits per heavy atom. The molecule has 0 saturated carbocycles. The summed E-state index contributed by atoms with van der Waals surface area (Å²) in [5.41, 5.74) is 0. The summed E-state index contributed by atoms with van der Waals surface area (Å²) in [7, 11) is 0. The second-order valence-corrected chi connectivity index (χ2v) is 5.88. The molecule has 0 aromatic rings. The van der Waals surface area contributed by atoms with Crippen LogP contribution in [0.4, 0.5) is 4.79 Å². The minimum atomic E-state index is -1.84. The Labute approximate surface area is 171 Å². The van der Waals surface area contributed by atoms with Gasteiger partial charge in [0.1, 0.15) is 42.7 Å². The van der Waals surface area contributed by atoms with Crippen LogP contribution >= 0.6 is 0 Å². The molecule has 2 heterocycles. The number of ether oxygens (including phenoxy) is 4. The Hall–Kier alpha value is -0.364. The first kappa shape index (κ1) is 24.7. The molecular weight excluding hydrogens is 388 g/mol. The zero-order valence-corrected chi connectivity index (χ0v) is 15.4. The second kappa shape index (κ2) is 10.4. The van der Waals surface area contributed by atoms with Crippen molar-refractivity contribution >= 4 is 29.2 Å². The normalized spacial score (nSPS) is 45.0. The van der Waals surface area contributed by atoms with E-state index >= 15 is 0 Å². The van der Waals surface area contributed by atoms with Crippen molar-refractivity contribution in [3.8, 4) is 0 Å². The van der Waals surface area contributed by atoms with Gasteiger partial charge in [-0.15, -0.1) is 0 Å². The van der Waals surface area contributed by atoms with Gasteiger partial charge >= 0.3 is 29.2 Å². The molecule has 2 aliphatic heterocycles. The molecule has 2 aliphatic rings. The Bertz CT molecular complexity index is 490. The Kier molecular flexibility index (Phi) is 9.53. The van der Waals surface area contributed by atoms with Crippen molar-refractivity contribution in [1.29, 1.82) is 0 Å². The minimum absolute atomic E-state index is 0. The SMILES string of the molecule is O=C(O)O[C@H]1[C@H](O[C@H]2[C@H](O)[C@@H](O)[C@H](O)O[C@@H]2CO)O[C@H](CO)[C@H](O)[C@@H]1O.[H-].[H-].[Mg+2]. The van der Waals surface area contributed by atoms with Gasteiger partial charge < -0.3 is 62.7 Å². The molecule has 8 N–H and O–H groups in total. The van der Waals surface area contributed by atoms with Crippen LogP contribution in [0.2, 0.25) is 0 Å². The number of aliphatic hydroxyl groups is 7. The first-order valence-corrected chi connectivity index (χ1v) is 7.69. The van der Waals surface area contributed by atoms with Crippen molar-refractivity contribution in [3.63, 3.8) is 0 Å². The summed E-state index contributed by atoms with van der Waals surface area (Å²) in [4.78, 5) is 10.8. The molecule has 2 fully saturated rings. The summed E-state index contributed by atoms with van der Waals surface area (Å²) in [5, 5.41) is 76.3. The standard InChI is InChI=1S/C13H22O13.Mg.2H/c14-1-3-5(16)6(17)10(26-13(21)22)12(24-3)25-9-4(2-15)23-11(20)8(19)7(9)18;;;/h3-12,14-20H,1-2H2,(H,21,22);;;/q;+2;2*-1/t3-,4-,5+,6+,7-,8-,9-,10-,11-,12+;;;/m1.../s1. The maximum Gasteiger partial charge on any atom is 2.00 e. The predicted octanol–water partition coefficient (Wildman–Crippen LogP) is -4.85. The van der Waals surface area contributed by atoms with E-state index in [1.807, 2.05) is 0 Å². The van der Waals surface area contributed by atoms with Gasteiger partial charge in [-0.2, -0.15) is 0 Å². The fraction of sp³-hybridized carbons (Fsp3) is 0.923. The maximum absolute atomic E-state index is 10.8. The van der Waals surface area contributed by atoms with Gasteiger partial charge in [0.25, 0.3) is 0 Å². The summed E-state index contributed by atoms with van der Waals surface area (Å²) in [6.07, 6.45) is -18.5. The quantitative estimate of drug-likeness (QED) is 0.157. The van der Waals surface area contributed by atoms with Crippen molar-refractivity contribution in [1.82, 2.24) is 0 Å². The minimum Gasteiger partial charge on any atom is -1.00 e. The van der Waals surface area contributed by atoms with E-state index in [0.29, 0.717) is 0 Å². The van der Waals surface area contributed by atoms with Crippen molar-refractivity contribution in [2.24, 2.45) is 0 Å². The van der Waals surface area contributed by atoms with E-state index in [0.717, 1.165) is 0 Å². The largest absolute Gasteiger partial charge is 2.00 e. The van der Waals surface area contributed by atoms with E-state index in [2.05, 4.69) is 4.74 Å². The summed E-state index contributed by atoms with van der Waals surface area (Å²) >= 11 is 0. The third kappa shape index (κ3) is 5.37. The molecule has 0 amide bonds. The van der Waals surface area contributed by atoms with Crippen molar-refractivity contribution in [2.75, 3.05) is 13.2 Å². The van der Waals surface area contributed by atoms with Crippen LogP contribution in [0.3, 0.4) is 0 Å². The maximum atomic E-state index is 10.8. The van der Waals surface area contributed by atoms with Crippen LogP contribution in [0.1, 0.15) is 2.85 Å². The molecule has 0 spiro atoms. The second-order valence-electron chi connectivity index (χ2n) is 5.88. The van der Waals surface area contributed by atoms with E-state index in [-0.39, 0.29) is 25.9 Å². The summed E-state index contributed by atoms with van der Waals surface area (Å²) in [6, 6.07) is 0. The molecule has 0 unspecified atom stereocenters. The molecule has 0 radical (unpaired) electrons. The van der Waals surface area contributed by atoms with E-state index < -0.39 is 80.8 Å². The first-order valence-electron chi connectivity index (χ1n) is 7.69. The Morgan fingerprint density at radius 2 is 1.41 bits per heavy atom. The van der Waals surface area contributed by atoms with E-state index in [9.17, 15) is 40.5 Å². The van der Waals surface area contributed by atoms with Crippen LogP contribution in [-0.4, -0.2) is 145 Å². The predicted molar refractivity (Wildman–Crippen MR) is 83.5 cm³/mol. The monoisotopic (exact) mass is 412 g/mol. The summed E-state index contributed by atoms with van der Waals surface area (Å²) in [5.74, 6) is 0. The van der Waals surface area contributed by atoms with Crippen LogP contribution in [-0.2, 0) is 18.9 Å². The van der Waals surface area contributed by atoms with Crippen LogP contribution in [0.15, 0.2) is 0 Å². The van der Waals surface area contributed by atoms with E-state index in [4.69, 9.17) is 19.3 Å². The van der Waals surface area contributed by atoms with Gasteiger partial charge in [0.2, 0.25) is 0 Å². The molecular formula is C13H24MgO13. The fourth-order valence-corrected chi connectivity index (χ4v) is 2.80. The Balaban J connectivity index is 0. The van der Waals surface area contributed by atoms with E-state index in [1.165, 1.54) is 0 Å². The molecule has 156 valence electrons. The molecule has 2 rings (SSSR count). The molecule has 2 saturated heterocycles. The summed E-state index contributed by atoms with van der Waals surface area (Å²) < 4.78 is 19.8. The number of carboxylic acid groups (broad SMARTS) is 1. The van der Waals surface area contributed by atoms with Gasteiger partial charge in [-0.1, -0.05) is 0 Å². The van der Waals surface area contributed by atoms with Gasteiger partial charge in [-0.3, -0.25) is 0 Å². The topological polar surface area (TPSA) is 216 Å². The van der Waals surface area contributed by atoms with Gasteiger partial charge in [-0.05, 0) is 0 Å². The van der Waals surface area contributed by atoms with Gasteiger partial charge in [0, 0.05) is 0 Å². The number of aliphatic hydroxyl groups excluding tert-OH is 7. The third-order valence-corrected chi connectivity index (χ3v) is 4.19. The molecule has 10 atom stereocenters. The van der Waals surface area contributed by atoms with Crippen molar-refractivity contribution in [3.05, 3.63) is 0 Å². The molecule has 0 bridgehead atoms. The first-order chi connectivity index (χ1) is 12.2. The smallest absolute Gasteiger partial charge is 1.00 e. The van der Waals surface area contributed by atoms with Gasteiger partial charge in [0.05, 0.1) is 13.2 Å². The Morgan fingerprint density at radius 3 is 1.93 bits per heavy atom. The summed E-state index contributed by atoms with van der Waals surface area (Å²) in [6.45, 7) is -1.51. The molecule has 14 heteroatoms. The average molecular weight is 413 g/mol. The van der Waals surface area contributed by atoms with Crippen LogP contribution < -0.4 is 0 Å². The van der Waals surface area contributed by atoms with Crippen LogP contribution in [0, 0.1) is 0 Å². The number of hydrogen-bond donors (Lipinski definition) is 8. The zero-order valence-electron chi connectivity index (χ0n) is 16.0.